The monoisotopic (exact) mass is 262 g/mol. The molecule has 0 aliphatic carbocycles. The van der Waals surface area contributed by atoms with Gasteiger partial charge >= 0.3 is 0 Å². The summed E-state index contributed by atoms with van der Waals surface area (Å²) in [6.45, 7) is 0.693. The van der Waals surface area contributed by atoms with Crippen molar-refractivity contribution in [1.29, 1.82) is 0 Å². The first-order valence-electron chi connectivity index (χ1n) is 4.82. The van der Waals surface area contributed by atoms with E-state index in [0.717, 1.165) is 0 Å². The van der Waals surface area contributed by atoms with Crippen molar-refractivity contribution in [3.05, 3.63) is 17.9 Å². The molecule has 0 saturated carbocycles. The zero-order chi connectivity index (χ0) is 12.9. The number of amides is 1. The van der Waals surface area contributed by atoms with Crippen LogP contribution in [0.1, 0.15) is 10.6 Å². The Bertz CT molecular complexity index is 479. The van der Waals surface area contributed by atoms with E-state index >= 15 is 0 Å². The molecule has 0 bridgehead atoms. The van der Waals surface area contributed by atoms with Gasteiger partial charge in [0.25, 0.3) is 15.9 Å². The summed E-state index contributed by atoms with van der Waals surface area (Å²) in [6.07, 6.45) is 0. The normalized spacial score (nSPS) is 11.4. The number of methoxy groups -OCH3 is 1. The molecule has 0 aliphatic rings. The van der Waals surface area contributed by atoms with E-state index in [1.54, 1.807) is 0 Å². The Labute approximate surface area is 99.2 Å². The second kappa shape index (κ2) is 5.80. The summed E-state index contributed by atoms with van der Waals surface area (Å²) >= 11 is 0. The van der Waals surface area contributed by atoms with Crippen molar-refractivity contribution in [3.8, 4) is 0 Å². The number of ether oxygens (including phenoxy) is 1. The molecule has 96 valence electrons. The molecule has 0 aromatic carbocycles. The fraction of sp³-hybridized carbons (Fsp3) is 0.444. The minimum atomic E-state index is -3.66. The number of sulfonamides is 1. The number of furan rings is 1. The van der Waals surface area contributed by atoms with Crippen LogP contribution in [0.5, 0.6) is 0 Å². The zero-order valence-electron chi connectivity index (χ0n) is 9.52. The summed E-state index contributed by atoms with van der Waals surface area (Å²) in [5, 5.41) is 2.22. The highest BCUT2D eigenvalue weighted by atomic mass is 32.2. The van der Waals surface area contributed by atoms with Crippen LogP contribution in [0.15, 0.2) is 21.6 Å². The number of hydrogen-bond donors (Lipinski definition) is 2. The van der Waals surface area contributed by atoms with Crippen molar-refractivity contribution in [1.82, 2.24) is 10.0 Å². The molecule has 0 unspecified atom stereocenters. The first kappa shape index (κ1) is 13.7. The summed E-state index contributed by atoms with van der Waals surface area (Å²) in [6, 6.07) is 2.52. The lowest BCUT2D eigenvalue weighted by atomic mass is 10.4. The highest BCUT2D eigenvalue weighted by Crippen LogP contribution is 2.13. The molecule has 0 radical (unpaired) electrons. The average molecular weight is 262 g/mol. The van der Waals surface area contributed by atoms with Crippen molar-refractivity contribution in [2.45, 2.75) is 5.09 Å². The third-order valence-electron chi connectivity index (χ3n) is 1.93. The average Bonchev–Trinajstić information content (AvgIpc) is 2.79. The van der Waals surface area contributed by atoms with Gasteiger partial charge in [-0.2, -0.15) is 0 Å². The summed E-state index contributed by atoms with van der Waals surface area (Å²) in [5.74, 6) is -0.547. The smallest absolute Gasteiger partial charge is 0.287 e. The second-order valence-electron chi connectivity index (χ2n) is 3.07. The van der Waals surface area contributed by atoms with Crippen LogP contribution in [0, 0.1) is 0 Å². The van der Waals surface area contributed by atoms with Crippen LogP contribution in [0.25, 0.3) is 0 Å². The van der Waals surface area contributed by atoms with Crippen LogP contribution < -0.4 is 10.0 Å². The standard InChI is InChI=1S/C9H14N2O5S/c1-10-17(13,14)8-4-3-7(16-8)9(12)11-5-6-15-2/h3-4,10H,5-6H2,1-2H3,(H,11,12). The number of rotatable bonds is 6. The minimum absolute atomic E-state index is 0.0603. The quantitative estimate of drug-likeness (QED) is 0.678. The third-order valence-corrected chi connectivity index (χ3v) is 3.22. The van der Waals surface area contributed by atoms with Crippen molar-refractivity contribution < 1.29 is 22.4 Å². The molecular weight excluding hydrogens is 248 g/mol. The van der Waals surface area contributed by atoms with Gasteiger partial charge in [-0.3, -0.25) is 4.79 Å². The Morgan fingerprint density at radius 3 is 2.76 bits per heavy atom. The van der Waals surface area contributed by atoms with E-state index in [9.17, 15) is 13.2 Å². The minimum Gasteiger partial charge on any atom is -0.438 e. The molecule has 1 rings (SSSR count). The van der Waals surface area contributed by atoms with Crippen LogP contribution in [0.4, 0.5) is 0 Å². The Balaban J connectivity index is 2.71. The third kappa shape index (κ3) is 3.55. The number of carbonyl (C=O) groups is 1. The van der Waals surface area contributed by atoms with Gasteiger partial charge in [-0.15, -0.1) is 0 Å². The Hall–Kier alpha value is -1.38. The van der Waals surface area contributed by atoms with Gasteiger partial charge in [-0.05, 0) is 19.2 Å². The summed E-state index contributed by atoms with van der Waals surface area (Å²) in [4.78, 5) is 11.5. The van der Waals surface area contributed by atoms with Gasteiger partial charge in [0, 0.05) is 13.7 Å². The zero-order valence-corrected chi connectivity index (χ0v) is 10.3. The van der Waals surface area contributed by atoms with Crippen molar-refractivity contribution in [2.24, 2.45) is 0 Å². The SMILES string of the molecule is CNS(=O)(=O)c1ccc(C(=O)NCCOC)o1. The van der Waals surface area contributed by atoms with Crippen molar-refractivity contribution in [2.75, 3.05) is 27.3 Å². The maximum absolute atomic E-state index is 11.5. The molecule has 7 nitrogen and oxygen atoms in total. The van der Waals surface area contributed by atoms with Gasteiger partial charge < -0.3 is 14.5 Å². The number of nitrogens with one attached hydrogen (secondary N) is 2. The fourth-order valence-corrected chi connectivity index (χ4v) is 1.69. The Kier molecular flexibility index (Phi) is 4.67. The molecule has 0 aliphatic heterocycles. The molecule has 0 saturated heterocycles. The van der Waals surface area contributed by atoms with Gasteiger partial charge in [0.05, 0.1) is 6.61 Å². The molecule has 1 heterocycles. The van der Waals surface area contributed by atoms with Crippen LogP contribution in [0.3, 0.4) is 0 Å². The molecule has 17 heavy (non-hydrogen) atoms. The number of hydrogen-bond acceptors (Lipinski definition) is 5. The first-order chi connectivity index (χ1) is 8.01. The van der Waals surface area contributed by atoms with Crippen LogP contribution in [-0.4, -0.2) is 41.6 Å². The van der Waals surface area contributed by atoms with Gasteiger partial charge in [0.15, 0.2) is 5.76 Å². The van der Waals surface area contributed by atoms with Gasteiger partial charge in [0.1, 0.15) is 0 Å². The summed E-state index contributed by atoms with van der Waals surface area (Å²) in [7, 11) is -0.887. The molecule has 1 aromatic rings. The fourth-order valence-electron chi connectivity index (χ4n) is 1.04. The molecule has 1 aromatic heterocycles. The lowest BCUT2D eigenvalue weighted by molar-refractivity contribution is 0.0904. The lowest BCUT2D eigenvalue weighted by Gasteiger charge is -2.01. The molecular formula is C9H14N2O5S. The Morgan fingerprint density at radius 1 is 1.47 bits per heavy atom. The Morgan fingerprint density at radius 2 is 2.18 bits per heavy atom. The topological polar surface area (TPSA) is 97.6 Å². The molecule has 8 heteroatoms. The van der Waals surface area contributed by atoms with E-state index < -0.39 is 15.9 Å². The first-order valence-corrected chi connectivity index (χ1v) is 6.30. The molecule has 0 fully saturated rings. The van der Waals surface area contributed by atoms with Crippen LogP contribution >= 0.6 is 0 Å². The van der Waals surface area contributed by atoms with Gasteiger partial charge in [-0.25, -0.2) is 13.1 Å². The van der Waals surface area contributed by atoms with E-state index in [2.05, 4.69) is 10.0 Å². The van der Waals surface area contributed by atoms with Crippen LogP contribution in [-0.2, 0) is 14.8 Å². The second-order valence-corrected chi connectivity index (χ2v) is 4.89. The summed E-state index contributed by atoms with van der Waals surface area (Å²) < 4.78 is 34.5. The maximum Gasteiger partial charge on any atom is 0.287 e. The van der Waals surface area contributed by atoms with E-state index in [1.165, 1.54) is 26.3 Å². The molecule has 1 amide bonds. The van der Waals surface area contributed by atoms with Gasteiger partial charge in [-0.1, -0.05) is 0 Å². The van der Waals surface area contributed by atoms with Crippen LogP contribution in [0.2, 0.25) is 0 Å². The van der Waals surface area contributed by atoms with Crippen molar-refractivity contribution in [3.63, 3.8) is 0 Å². The lowest BCUT2D eigenvalue weighted by Crippen LogP contribution is -2.26. The van der Waals surface area contributed by atoms with E-state index in [4.69, 9.17) is 9.15 Å². The largest absolute Gasteiger partial charge is 0.438 e. The van der Waals surface area contributed by atoms with E-state index in [1.807, 2.05) is 0 Å². The van der Waals surface area contributed by atoms with Gasteiger partial charge in [0.2, 0.25) is 5.09 Å². The van der Waals surface area contributed by atoms with E-state index in [0.29, 0.717) is 13.2 Å². The van der Waals surface area contributed by atoms with E-state index in [-0.39, 0.29) is 10.9 Å². The maximum atomic E-state index is 11.5. The highest BCUT2D eigenvalue weighted by Gasteiger charge is 2.19. The molecule has 2 N–H and O–H groups in total. The number of carbonyl (C=O) groups excluding carboxylic acids is 1. The molecule has 0 atom stereocenters. The molecule has 0 spiro atoms. The predicted molar refractivity (Wildman–Crippen MR) is 59.2 cm³/mol. The van der Waals surface area contributed by atoms with Crippen molar-refractivity contribution >= 4 is 15.9 Å². The predicted octanol–water partition coefficient (Wildman–Crippen LogP) is -0.436. The summed E-state index contributed by atoms with van der Waals surface area (Å²) in [5.41, 5.74) is 0. The highest BCUT2D eigenvalue weighted by molar-refractivity contribution is 7.89.